The number of nitrogens with one attached hydrogen (secondary N) is 1. The summed E-state index contributed by atoms with van der Waals surface area (Å²) in [6, 6.07) is 1.37. The van der Waals surface area contributed by atoms with E-state index in [0.29, 0.717) is 6.42 Å². The Morgan fingerprint density at radius 2 is 1.96 bits per heavy atom. The van der Waals surface area contributed by atoms with Crippen molar-refractivity contribution >= 4 is 5.82 Å². The molecule has 1 N–H and O–H groups in total. The highest BCUT2D eigenvalue weighted by molar-refractivity contribution is 5.52. The number of hydrogen-bond acceptors (Lipinski definition) is 5. The molecule has 10 heteroatoms. The summed E-state index contributed by atoms with van der Waals surface area (Å²) in [5.41, 5.74) is -1.58. The molecule has 0 saturated carbocycles. The number of halogens is 3. The summed E-state index contributed by atoms with van der Waals surface area (Å²) < 4.78 is 39.1. The van der Waals surface area contributed by atoms with E-state index in [2.05, 4.69) is 5.32 Å². The number of anilines is 1. The van der Waals surface area contributed by atoms with Gasteiger partial charge in [0.15, 0.2) is 5.56 Å². The molecule has 1 unspecified atom stereocenters. The maximum absolute atomic E-state index is 12.4. The van der Waals surface area contributed by atoms with E-state index in [0.717, 1.165) is 9.13 Å². The molecule has 23 heavy (non-hydrogen) atoms. The molecule has 1 aromatic heterocycles. The van der Waals surface area contributed by atoms with Gasteiger partial charge in [0.2, 0.25) is 0 Å². The maximum atomic E-state index is 12.4. The van der Waals surface area contributed by atoms with Crippen LogP contribution in [0.5, 0.6) is 0 Å². The maximum Gasteiger partial charge on any atom is 0.401 e. The van der Waals surface area contributed by atoms with Gasteiger partial charge in [0.1, 0.15) is 11.9 Å². The number of hydrogen-bond donors (Lipinski definition) is 1. The molecule has 1 atom stereocenters. The van der Waals surface area contributed by atoms with Crippen molar-refractivity contribution in [1.29, 1.82) is 5.26 Å². The molecule has 0 amide bonds. The molecule has 0 radical (unpaired) electrons. The molecular formula is C13H16F3N5O2. The van der Waals surface area contributed by atoms with Crippen LogP contribution >= 0.6 is 0 Å². The first kappa shape index (κ1) is 17.1. The third-order valence-corrected chi connectivity index (χ3v) is 3.79. The molecule has 1 aliphatic rings. The molecular weight excluding hydrogens is 315 g/mol. The highest BCUT2D eigenvalue weighted by atomic mass is 19.4. The highest BCUT2D eigenvalue weighted by Crippen LogP contribution is 2.21. The summed E-state index contributed by atoms with van der Waals surface area (Å²) in [5, 5.41) is 12.0. The fourth-order valence-electron chi connectivity index (χ4n) is 2.65. The van der Waals surface area contributed by atoms with Crippen LogP contribution in [0.25, 0.3) is 0 Å². The average molecular weight is 331 g/mol. The molecule has 1 aliphatic heterocycles. The Balaban J connectivity index is 2.24. The number of likely N-dealkylation sites (tertiary alicyclic amines) is 1. The van der Waals surface area contributed by atoms with Crippen molar-refractivity contribution < 1.29 is 13.2 Å². The van der Waals surface area contributed by atoms with Crippen LogP contribution in [0.15, 0.2) is 9.59 Å². The lowest BCUT2D eigenvalue weighted by Gasteiger charge is -2.20. The topological polar surface area (TPSA) is 83.1 Å². The predicted octanol–water partition coefficient (Wildman–Crippen LogP) is 0.00418. The Morgan fingerprint density at radius 3 is 2.52 bits per heavy atom. The molecule has 1 saturated heterocycles. The zero-order chi connectivity index (χ0) is 17.4. The van der Waals surface area contributed by atoms with Gasteiger partial charge in [-0.1, -0.05) is 0 Å². The van der Waals surface area contributed by atoms with Crippen molar-refractivity contribution in [1.82, 2.24) is 14.0 Å². The standard InChI is InChI=1S/C13H16F3N5O2/c1-19-10(9(5-17)11(22)20(2)12(19)23)18-8-3-4-21(6-8)7-13(14,15)16/h8,18H,3-4,6-7H2,1-2H3. The number of nitrogens with zero attached hydrogens (tertiary/aromatic N) is 4. The summed E-state index contributed by atoms with van der Waals surface area (Å²) in [7, 11) is 2.66. The minimum atomic E-state index is -4.28. The number of aromatic nitrogens is 2. The quantitative estimate of drug-likeness (QED) is 0.843. The zero-order valence-corrected chi connectivity index (χ0v) is 12.6. The predicted molar refractivity (Wildman–Crippen MR) is 76.2 cm³/mol. The fourth-order valence-corrected chi connectivity index (χ4v) is 2.65. The van der Waals surface area contributed by atoms with Crippen LogP contribution in [0.3, 0.4) is 0 Å². The second-order valence-electron chi connectivity index (χ2n) is 5.52. The van der Waals surface area contributed by atoms with Gasteiger partial charge in [-0.25, -0.2) is 4.79 Å². The molecule has 1 aromatic rings. The van der Waals surface area contributed by atoms with Crippen molar-refractivity contribution in [3.63, 3.8) is 0 Å². The van der Waals surface area contributed by atoms with Crippen molar-refractivity contribution in [3.05, 3.63) is 26.4 Å². The first-order valence-corrected chi connectivity index (χ1v) is 6.90. The van der Waals surface area contributed by atoms with Crippen LogP contribution in [0.4, 0.5) is 19.0 Å². The first-order valence-electron chi connectivity index (χ1n) is 6.90. The van der Waals surface area contributed by atoms with Crippen LogP contribution in [0, 0.1) is 11.3 Å². The summed E-state index contributed by atoms with van der Waals surface area (Å²) in [5.74, 6) is 0.0412. The monoisotopic (exact) mass is 331 g/mol. The van der Waals surface area contributed by atoms with Gasteiger partial charge in [0.05, 0.1) is 6.54 Å². The number of alkyl halides is 3. The fraction of sp³-hybridized carbons (Fsp3) is 0.615. The van der Waals surface area contributed by atoms with Crippen LogP contribution in [0.2, 0.25) is 0 Å². The van der Waals surface area contributed by atoms with E-state index in [1.54, 1.807) is 6.07 Å². The molecule has 2 heterocycles. The Morgan fingerprint density at radius 1 is 1.30 bits per heavy atom. The van der Waals surface area contributed by atoms with Crippen LogP contribution in [-0.2, 0) is 14.1 Å². The highest BCUT2D eigenvalue weighted by Gasteiger charge is 2.34. The van der Waals surface area contributed by atoms with Gasteiger partial charge in [-0.05, 0) is 6.42 Å². The molecule has 0 aliphatic carbocycles. The van der Waals surface area contributed by atoms with E-state index in [-0.39, 0.29) is 30.5 Å². The van der Waals surface area contributed by atoms with Gasteiger partial charge < -0.3 is 5.32 Å². The molecule has 126 valence electrons. The van der Waals surface area contributed by atoms with Crippen molar-refractivity contribution in [2.75, 3.05) is 25.0 Å². The van der Waals surface area contributed by atoms with E-state index in [1.807, 2.05) is 0 Å². The largest absolute Gasteiger partial charge is 0.401 e. The lowest BCUT2D eigenvalue weighted by Crippen LogP contribution is -2.41. The van der Waals surface area contributed by atoms with Gasteiger partial charge in [-0.2, -0.15) is 18.4 Å². The zero-order valence-electron chi connectivity index (χ0n) is 12.6. The summed E-state index contributed by atoms with van der Waals surface area (Å²) in [6.45, 7) is -0.641. The minimum absolute atomic E-state index is 0.0412. The molecule has 0 spiro atoms. The SMILES string of the molecule is Cn1c(NC2CCN(CC(F)(F)F)C2)c(C#N)c(=O)n(C)c1=O. The molecule has 1 fully saturated rings. The Labute approximate surface area is 129 Å². The Bertz CT molecular complexity index is 759. The normalized spacial score (nSPS) is 18.9. The van der Waals surface area contributed by atoms with Crippen LogP contribution in [-0.4, -0.2) is 45.9 Å². The van der Waals surface area contributed by atoms with Gasteiger partial charge in [0.25, 0.3) is 5.56 Å². The van der Waals surface area contributed by atoms with Gasteiger partial charge >= 0.3 is 11.9 Å². The lowest BCUT2D eigenvalue weighted by atomic mass is 10.2. The minimum Gasteiger partial charge on any atom is -0.366 e. The number of rotatable bonds is 3. The van der Waals surface area contributed by atoms with Gasteiger partial charge in [-0.15, -0.1) is 0 Å². The smallest absolute Gasteiger partial charge is 0.366 e. The van der Waals surface area contributed by atoms with E-state index in [4.69, 9.17) is 5.26 Å². The van der Waals surface area contributed by atoms with E-state index in [1.165, 1.54) is 19.0 Å². The first-order chi connectivity index (χ1) is 10.6. The van der Waals surface area contributed by atoms with Gasteiger partial charge in [0, 0.05) is 33.2 Å². The van der Waals surface area contributed by atoms with Gasteiger partial charge in [-0.3, -0.25) is 18.8 Å². The van der Waals surface area contributed by atoms with E-state index >= 15 is 0 Å². The Hall–Kier alpha value is -2.28. The second kappa shape index (κ2) is 6.08. The van der Waals surface area contributed by atoms with Crippen molar-refractivity contribution in [2.45, 2.75) is 18.6 Å². The van der Waals surface area contributed by atoms with Crippen LogP contribution in [0.1, 0.15) is 12.0 Å². The summed E-state index contributed by atoms with van der Waals surface area (Å²) >= 11 is 0. The molecule has 0 bridgehead atoms. The van der Waals surface area contributed by atoms with E-state index in [9.17, 15) is 22.8 Å². The third kappa shape index (κ3) is 3.56. The van der Waals surface area contributed by atoms with Crippen molar-refractivity contribution in [3.8, 4) is 6.07 Å². The molecule has 2 rings (SSSR count). The third-order valence-electron chi connectivity index (χ3n) is 3.79. The summed E-state index contributed by atoms with van der Waals surface area (Å²) in [6.07, 6.45) is -3.85. The lowest BCUT2D eigenvalue weighted by molar-refractivity contribution is -0.143. The summed E-state index contributed by atoms with van der Waals surface area (Å²) in [4.78, 5) is 25.1. The average Bonchev–Trinajstić information content (AvgIpc) is 2.88. The Kier molecular flexibility index (Phi) is 4.51. The molecule has 7 nitrogen and oxygen atoms in total. The molecule has 0 aromatic carbocycles. The van der Waals surface area contributed by atoms with E-state index < -0.39 is 24.0 Å². The van der Waals surface area contributed by atoms with Crippen molar-refractivity contribution in [2.24, 2.45) is 14.1 Å². The van der Waals surface area contributed by atoms with Crippen LogP contribution < -0.4 is 16.6 Å². The second-order valence-corrected chi connectivity index (χ2v) is 5.52. The number of nitriles is 1.